The van der Waals surface area contributed by atoms with Gasteiger partial charge in [-0.3, -0.25) is 8.97 Å². The predicted molar refractivity (Wildman–Crippen MR) is 173 cm³/mol. The lowest BCUT2D eigenvalue weighted by atomic mass is 10.2. The summed E-state index contributed by atoms with van der Waals surface area (Å²) in [6.07, 6.45) is 0. The van der Waals surface area contributed by atoms with E-state index in [1.165, 1.54) is 20.7 Å². The van der Waals surface area contributed by atoms with Gasteiger partial charge in [-0.1, -0.05) is 127 Å². The standard InChI is InChI=1S/C37H27N3Si/c1-4-16-29(17-5-1)41(30-18-6-2-7-19-30,31-20-8-3-9-21-31)32-22-14-15-28(27-32)39-35-25-12-13-26-36(35)40-34-24-11-10-23-33(34)38-37(39)40/h1-27H. The Morgan fingerprint density at radius 2 is 0.902 bits per heavy atom. The minimum absolute atomic E-state index is 0.927. The number of para-hydroxylation sites is 4. The molecular formula is C37H27N3Si. The first-order valence-electron chi connectivity index (χ1n) is 14.0. The van der Waals surface area contributed by atoms with E-state index in [4.69, 9.17) is 4.98 Å². The van der Waals surface area contributed by atoms with Crippen molar-refractivity contribution in [1.29, 1.82) is 0 Å². The smallest absolute Gasteiger partial charge is 0.220 e. The van der Waals surface area contributed by atoms with Gasteiger partial charge >= 0.3 is 0 Å². The summed E-state index contributed by atoms with van der Waals surface area (Å²) in [4.78, 5) is 5.13. The van der Waals surface area contributed by atoms with E-state index in [0.717, 1.165) is 33.5 Å². The van der Waals surface area contributed by atoms with Crippen LogP contribution >= 0.6 is 0 Å². The van der Waals surface area contributed by atoms with E-state index in [9.17, 15) is 0 Å². The van der Waals surface area contributed by atoms with Crippen molar-refractivity contribution in [3.63, 3.8) is 0 Å². The Hall–Kier alpha value is -5.19. The van der Waals surface area contributed by atoms with E-state index < -0.39 is 8.07 Å². The van der Waals surface area contributed by atoms with Crippen molar-refractivity contribution in [2.24, 2.45) is 0 Å². The molecule has 8 aromatic rings. The lowest BCUT2D eigenvalue weighted by molar-refractivity contribution is 1.11. The van der Waals surface area contributed by atoms with Gasteiger partial charge in [-0.2, -0.15) is 0 Å². The van der Waals surface area contributed by atoms with Crippen LogP contribution in [0.5, 0.6) is 0 Å². The third kappa shape index (κ3) is 3.54. The lowest BCUT2D eigenvalue weighted by Gasteiger charge is -2.34. The van der Waals surface area contributed by atoms with Gasteiger partial charge < -0.3 is 0 Å². The fourth-order valence-corrected chi connectivity index (χ4v) is 11.3. The summed E-state index contributed by atoms with van der Waals surface area (Å²) in [5.74, 6) is 0.927. The zero-order valence-corrected chi connectivity index (χ0v) is 23.4. The van der Waals surface area contributed by atoms with Gasteiger partial charge in [-0.15, -0.1) is 0 Å². The fraction of sp³-hybridized carbons (Fsp3) is 0. The Morgan fingerprint density at radius 1 is 0.415 bits per heavy atom. The summed E-state index contributed by atoms with van der Waals surface area (Å²) >= 11 is 0. The molecule has 2 aromatic heterocycles. The van der Waals surface area contributed by atoms with Gasteiger partial charge in [-0.05, 0) is 57.1 Å². The minimum Gasteiger partial charge on any atom is -0.278 e. The number of imidazole rings is 2. The summed E-state index contributed by atoms with van der Waals surface area (Å²) in [7, 11) is -2.65. The number of nitrogens with zero attached hydrogens (tertiary/aromatic N) is 3. The normalized spacial score (nSPS) is 11.9. The molecular weight excluding hydrogens is 515 g/mol. The zero-order valence-electron chi connectivity index (χ0n) is 22.4. The highest BCUT2D eigenvalue weighted by molar-refractivity contribution is 7.19. The van der Waals surface area contributed by atoms with Crippen molar-refractivity contribution in [3.8, 4) is 5.69 Å². The second kappa shape index (κ2) is 9.47. The van der Waals surface area contributed by atoms with E-state index >= 15 is 0 Å². The molecule has 0 aliphatic heterocycles. The molecule has 3 nitrogen and oxygen atoms in total. The fourth-order valence-electron chi connectivity index (χ4n) is 6.55. The van der Waals surface area contributed by atoms with Crippen molar-refractivity contribution in [2.45, 2.75) is 0 Å². The molecule has 194 valence electrons. The van der Waals surface area contributed by atoms with Gasteiger partial charge in [0.25, 0.3) is 0 Å². The van der Waals surface area contributed by atoms with E-state index in [1.807, 2.05) is 0 Å². The molecule has 8 rings (SSSR count). The van der Waals surface area contributed by atoms with Crippen molar-refractivity contribution < 1.29 is 0 Å². The number of rotatable bonds is 5. The highest BCUT2D eigenvalue weighted by atomic mass is 28.3. The predicted octanol–water partition coefficient (Wildman–Crippen LogP) is 5.81. The third-order valence-electron chi connectivity index (χ3n) is 8.26. The van der Waals surface area contributed by atoms with Crippen LogP contribution in [0.1, 0.15) is 0 Å². The SMILES string of the molecule is c1ccc([Si](c2ccccc2)(c2ccccc2)c2cccc(-n3c4ccccc4n4c5ccccc5nc34)c2)cc1. The molecule has 0 aliphatic rings. The molecule has 0 saturated carbocycles. The van der Waals surface area contributed by atoms with Crippen LogP contribution < -0.4 is 20.7 Å². The molecule has 0 fully saturated rings. The Labute approximate surface area is 239 Å². The average Bonchev–Trinajstić information content (AvgIpc) is 3.58. The number of benzene rings is 6. The molecule has 2 heterocycles. The van der Waals surface area contributed by atoms with Gasteiger partial charge in [0.05, 0.1) is 22.1 Å². The minimum atomic E-state index is -2.65. The van der Waals surface area contributed by atoms with E-state index in [2.05, 4.69) is 173 Å². The number of hydrogen-bond acceptors (Lipinski definition) is 1. The maximum atomic E-state index is 5.13. The quantitative estimate of drug-likeness (QED) is 0.199. The van der Waals surface area contributed by atoms with Gasteiger partial charge in [-0.25, -0.2) is 4.98 Å². The van der Waals surface area contributed by atoms with E-state index in [0.29, 0.717) is 0 Å². The highest BCUT2D eigenvalue weighted by Crippen LogP contribution is 2.29. The second-order valence-electron chi connectivity index (χ2n) is 10.5. The van der Waals surface area contributed by atoms with Crippen LogP contribution in [0.25, 0.3) is 33.5 Å². The summed E-state index contributed by atoms with van der Waals surface area (Å²) in [5.41, 5.74) is 5.53. The Kier molecular flexibility index (Phi) is 5.47. The first-order chi connectivity index (χ1) is 20.4. The lowest BCUT2D eigenvalue weighted by Crippen LogP contribution is -2.74. The molecule has 41 heavy (non-hydrogen) atoms. The zero-order chi connectivity index (χ0) is 27.2. The van der Waals surface area contributed by atoms with E-state index in [-0.39, 0.29) is 0 Å². The molecule has 0 unspecified atom stereocenters. The number of hydrogen-bond donors (Lipinski definition) is 0. The molecule has 0 radical (unpaired) electrons. The van der Waals surface area contributed by atoms with Gasteiger partial charge in [0, 0.05) is 5.69 Å². The molecule has 0 bridgehead atoms. The third-order valence-corrected chi connectivity index (χ3v) is 13.0. The molecule has 0 aliphatic carbocycles. The summed E-state index contributed by atoms with van der Waals surface area (Å²) < 4.78 is 4.60. The van der Waals surface area contributed by atoms with Crippen LogP contribution in [-0.2, 0) is 0 Å². The van der Waals surface area contributed by atoms with E-state index in [1.54, 1.807) is 0 Å². The molecule has 6 aromatic carbocycles. The molecule has 0 N–H and O–H groups in total. The van der Waals surface area contributed by atoms with Crippen LogP contribution in [0.2, 0.25) is 0 Å². The van der Waals surface area contributed by atoms with Crippen LogP contribution in [-0.4, -0.2) is 22.0 Å². The Bertz CT molecular complexity index is 2050. The van der Waals surface area contributed by atoms with Crippen LogP contribution in [0.4, 0.5) is 0 Å². The summed E-state index contributed by atoms with van der Waals surface area (Å²) in [6, 6.07) is 59.4. The number of aromatic nitrogens is 3. The molecule has 0 spiro atoms. The first-order valence-corrected chi connectivity index (χ1v) is 16.0. The van der Waals surface area contributed by atoms with Crippen LogP contribution in [0.15, 0.2) is 164 Å². The second-order valence-corrected chi connectivity index (χ2v) is 14.3. The van der Waals surface area contributed by atoms with Crippen molar-refractivity contribution in [3.05, 3.63) is 164 Å². The maximum Gasteiger partial charge on any atom is 0.220 e. The van der Waals surface area contributed by atoms with Crippen LogP contribution in [0.3, 0.4) is 0 Å². The highest BCUT2D eigenvalue weighted by Gasteiger charge is 2.41. The monoisotopic (exact) mass is 541 g/mol. The van der Waals surface area contributed by atoms with Crippen molar-refractivity contribution in [2.75, 3.05) is 0 Å². The average molecular weight is 542 g/mol. The molecule has 0 saturated heterocycles. The first kappa shape index (κ1) is 23.7. The summed E-state index contributed by atoms with van der Waals surface area (Å²) in [6.45, 7) is 0. The van der Waals surface area contributed by atoms with Gasteiger partial charge in [0.15, 0.2) is 8.07 Å². The Morgan fingerprint density at radius 3 is 1.51 bits per heavy atom. The number of fused-ring (bicyclic) bond motifs is 5. The summed E-state index contributed by atoms with van der Waals surface area (Å²) in [5, 5.41) is 5.43. The molecule has 0 amide bonds. The largest absolute Gasteiger partial charge is 0.278 e. The van der Waals surface area contributed by atoms with Crippen molar-refractivity contribution >= 4 is 56.7 Å². The molecule has 4 heteroatoms. The maximum absolute atomic E-state index is 5.13. The van der Waals surface area contributed by atoms with Gasteiger partial charge in [0.1, 0.15) is 0 Å². The van der Waals surface area contributed by atoms with Crippen molar-refractivity contribution in [1.82, 2.24) is 14.0 Å². The molecule has 0 atom stereocenters. The Balaban J connectivity index is 1.47. The van der Waals surface area contributed by atoms with Gasteiger partial charge in [0.2, 0.25) is 5.78 Å². The topological polar surface area (TPSA) is 22.2 Å². The van der Waals surface area contributed by atoms with Crippen LogP contribution in [0, 0.1) is 0 Å².